The highest BCUT2D eigenvalue weighted by atomic mass is 16.5. The Hall–Kier alpha value is -1.97. The van der Waals surface area contributed by atoms with Gasteiger partial charge in [-0.2, -0.15) is 0 Å². The molecular formula is C17H24N2O2. The van der Waals surface area contributed by atoms with Gasteiger partial charge in [-0.15, -0.1) is 0 Å². The molecule has 0 aromatic heterocycles. The Morgan fingerprint density at radius 1 is 1.43 bits per heavy atom. The first-order chi connectivity index (χ1) is 10.2. The van der Waals surface area contributed by atoms with Gasteiger partial charge in [0.25, 0.3) is 0 Å². The zero-order chi connectivity index (χ0) is 15.1. The molecule has 1 aromatic carbocycles. The third-order valence-corrected chi connectivity index (χ3v) is 3.95. The molecule has 1 fully saturated rings. The number of carbonyl (C=O) groups is 1. The van der Waals surface area contributed by atoms with Crippen LogP contribution >= 0.6 is 0 Å². The van der Waals surface area contributed by atoms with E-state index in [9.17, 15) is 4.79 Å². The van der Waals surface area contributed by atoms with Crippen molar-refractivity contribution in [3.05, 3.63) is 42.5 Å². The van der Waals surface area contributed by atoms with E-state index in [-0.39, 0.29) is 6.03 Å². The number of para-hydroxylation sites is 1. The molecule has 4 heteroatoms. The highest BCUT2D eigenvalue weighted by molar-refractivity contribution is 5.74. The Bertz CT molecular complexity index is 487. The first kappa shape index (κ1) is 15.4. The molecule has 114 valence electrons. The molecule has 0 spiro atoms. The van der Waals surface area contributed by atoms with Crippen molar-refractivity contribution in [1.29, 1.82) is 0 Å². The highest BCUT2D eigenvalue weighted by Gasteiger charge is 2.24. The summed E-state index contributed by atoms with van der Waals surface area (Å²) in [5.41, 5.74) is 0.967. The molecule has 0 saturated heterocycles. The van der Waals surface area contributed by atoms with E-state index in [1.54, 1.807) is 6.08 Å². The largest absolute Gasteiger partial charge is 0.489 e. The van der Waals surface area contributed by atoms with Crippen LogP contribution in [0.5, 0.6) is 5.75 Å². The molecule has 2 N–H and O–H groups in total. The van der Waals surface area contributed by atoms with E-state index in [1.165, 1.54) is 12.8 Å². The molecule has 2 amide bonds. The molecule has 2 atom stereocenters. The summed E-state index contributed by atoms with van der Waals surface area (Å²) in [6.07, 6.45) is 5.18. The maximum absolute atomic E-state index is 12.0. The number of urea groups is 1. The quantitative estimate of drug-likeness (QED) is 0.790. The third-order valence-electron chi connectivity index (χ3n) is 3.95. The summed E-state index contributed by atoms with van der Waals surface area (Å²) in [6.45, 7) is 6.75. The van der Waals surface area contributed by atoms with Crippen molar-refractivity contribution in [2.24, 2.45) is 5.92 Å². The van der Waals surface area contributed by atoms with Gasteiger partial charge in [-0.3, -0.25) is 0 Å². The van der Waals surface area contributed by atoms with Crippen molar-refractivity contribution in [3.8, 4) is 5.75 Å². The predicted octanol–water partition coefficient (Wildman–Crippen LogP) is 3.24. The molecule has 1 aliphatic carbocycles. The van der Waals surface area contributed by atoms with Crippen LogP contribution in [0, 0.1) is 5.92 Å². The molecule has 0 aliphatic heterocycles. The standard InChI is InChI=1S/C17H24N2O2/c1-3-11-21-16-10-5-4-8-14(16)12-18-17(20)19-15-9-6-7-13(15)2/h3-5,8,10,13,15H,1,6-7,9,11-12H2,2H3,(H2,18,19,20). The highest BCUT2D eigenvalue weighted by Crippen LogP contribution is 2.24. The average Bonchev–Trinajstić information content (AvgIpc) is 2.89. The molecule has 1 aromatic rings. The summed E-state index contributed by atoms with van der Waals surface area (Å²) in [6, 6.07) is 7.91. The van der Waals surface area contributed by atoms with Gasteiger partial charge in [-0.25, -0.2) is 4.79 Å². The van der Waals surface area contributed by atoms with Gasteiger partial charge in [0, 0.05) is 18.2 Å². The molecule has 0 heterocycles. The van der Waals surface area contributed by atoms with E-state index in [1.807, 2.05) is 24.3 Å². The van der Waals surface area contributed by atoms with E-state index < -0.39 is 0 Å². The first-order valence-electron chi connectivity index (χ1n) is 7.56. The molecule has 4 nitrogen and oxygen atoms in total. The zero-order valence-corrected chi connectivity index (χ0v) is 12.6. The number of amides is 2. The van der Waals surface area contributed by atoms with Crippen molar-refractivity contribution in [2.45, 2.75) is 38.8 Å². The fourth-order valence-electron chi connectivity index (χ4n) is 2.69. The van der Waals surface area contributed by atoms with Crippen LogP contribution in [0.15, 0.2) is 36.9 Å². The Balaban J connectivity index is 1.84. The molecule has 2 unspecified atom stereocenters. The van der Waals surface area contributed by atoms with E-state index >= 15 is 0 Å². The maximum Gasteiger partial charge on any atom is 0.315 e. The topological polar surface area (TPSA) is 50.4 Å². The lowest BCUT2D eigenvalue weighted by Gasteiger charge is -2.18. The van der Waals surface area contributed by atoms with Crippen LogP contribution in [-0.4, -0.2) is 18.7 Å². The van der Waals surface area contributed by atoms with Crippen LogP contribution in [0.25, 0.3) is 0 Å². The van der Waals surface area contributed by atoms with E-state index in [0.717, 1.165) is 17.7 Å². The lowest BCUT2D eigenvalue weighted by molar-refractivity contribution is 0.233. The van der Waals surface area contributed by atoms with Gasteiger partial charge in [0.15, 0.2) is 0 Å². The number of rotatable bonds is 6. The van der Waals surface area contributed by atoms with E-state index in [0.29, 0.717) is 25.1 Å². The van der Waals surface area contributed by atoms with Gasteiger partial charge in [0.2, 0.25) is 0 Å². The van der Waals surface area contributed by atoms with Crippen molar-refractivity contribution in [1.82, 2.24) is 10.6 Å². The Morgan fingerprint density at radius 3 is 2.95 bits per heavy atom. The molecule has 1 aliphatic rings. The molecule has 2 rings (SSSR count). The fourth-order valence-corrected chi connectivity index (χ4v) is 2.69. The van der Waals surface area contributed by atoms with Crippen LogP contribution in [0.1, 0.15) is 31.7 Å². The summed E-state index contributed by atoms with van der Waals surface area (Å²) in [5, 5.41) is 5.96. The van der Waals surface area contributed by atoms with E-state index in [2.05, 4.69) is 24.1 Å². The number of benzene rings is 1. The Kier molecular flexibility index (Phi) is 5.67. The minimum atomic E-state index is -0.104. The normalized spacial score (nSPS) is 20.8. The zero-order valence-electron chi connectivity index (χ0n) is 12.6. The number of ether oxygens (including phenoxy) is 1. The first-order valence-corrected chi connectivity index (χ1v) is 7.56. The second-order valence-corrected chi connectivity index (χ2v) is 5.55. The molecule has 0 radical (unpaired) electrons. The van der Waals surface area contributed by atoms with Crippen LogP contribution < -0.4 is 15.4 Å². The fraction of sp³-hybridized carbons (Fsp3) is 0.471. The molecule has 0 bridgehead atoms. The van der Waals surface area contributed by atoms with Crippen LogP contribution in [0.4, 0.5) is 4.79 Å². The molecular weight excluding hydrogens is 264 g/mol. The minimum absolute atomic E-state index is 0.104. The monoisotopic (exact) mass is 288 g/mol. The SMILES string of the molecule is C=CCOc1ccccc1CNC(=O)NC1CCCC1C. The predicted molar refractivity (Wildman–Crippen MR) is 84.3 cm³/mol. The van der Waals surface area contributed by atoms with Gasteiger partial charge in [0.05, 0.1) is 0 Å². The van der Waals surface area contributed by atoms with E-state index in [4.69, 9.17) is 4.74 Å². The van der Waals surface area contributed by atoms with Gasteiger partial charge >= 0.3 is 6.03 Å². The molecule has 21 heavy (non-hydrogen) atoms. The van der Waals surface area contributed by atoms with Crippen LogP contribution in [-0.2, 0) is 6.54 Å². The second kappa shape index (κ2) is 7.72. The third kappa shape index (κ3) is 4.52. The van der Waals surface area contributed by atoms with Gasteiger partial charge < -0.3 is 15.4 Å². The second-order valence-electron chi connectivity index (χ2n) is 5.55. The number of nitrogens with one attached hydrogen (secondary N) is 2. The number of hydrogen-bond donors (Lipinski definition) is 2. The number of carbonyl (C=O) groups excluding carboxylic acids is 1. The summed E-state index contributed by atoms with van der Waals surface area (Å²) >= 11 is 0. The van der Waals surface area contributed by atoms with Crippen molar-refractivity contribution in [2.75, 3.05) is 6.61 Å². The average molecular weight is 288 g/mol. The van der Waals surface area contributed by atoms with Crippen LogP contribution in [0.2, 0.25) is 0 Å². The summed E-state index contributed by atoms with van der Waals surface area (Å²) in [5.74, 6) is 1.35. The summed E-state index contributed by atoms with van der Waals surface area (Å²) in [4.78, 5) is 12.0. The van der Waals surface area contributed by atoms with Crippen molar-refractivity contribution in [3.63, 3.8) is 0 Å². The van der Waals surface area contributed by atoms with Crippen molar-refractivity contribution >= 4 is 6.03 Å². The van der Waals surface area contributed by atoms with Crippen LogP contribution in [0.3, 0.4) is 0 Å². The van der Waals surface area contributed by atoms with Crippen molar-refractivity contribution < 1.29 is 9.53 Å². The lowest BCUT2D eigenvalue weighted by atomic mass is 10.1. The Labute approximate surface area is 126 Å². The smallest absolute Gasteiger partial charge is 0.315 e. The van der Waals surface area contributed by atoms with Gasteiger partial charge in [0.1, 0.15) is 12.4 Å². The summed E-state index contributed by atoms with van der Waals surface area (Å²) in [7, 11) is 0. The van der Waals surface area contributed by atoms with Gasteiger partial charge in [-0.1, -0.05) is 44.2 Å². The maximum atomic E-state index is 12.0. The molecule has 1 saturated carbocycles. The van der Waals surface area contributed by atoms with Gasteiger partial charge in [-0.05, 0) is 24.8 Å². The lowest BCUT2D eigenvalue weighted by Crippen LogP contribution is -2.42. The minimum Gasteiger partial charge on any atom is -0.489 e. The number of hydrogen-bond acceptors (Lipinski definition) is 2. The Morgan fingerprint density at radius 2 is 2.24 bits per heavy atom. The summed E-state index contributed by atoms with van der Waals surface area (Å²) < 4.78 is 5.58.